The van der Waals surface area contributed by atoms with Crippen LogP contribution in [0.4, 0.5) is 0 Å². The Balaban J connectivity index is 2.22. The molecule has 2 aromatic carbocycles. The van der Waals surface area contributed by atoms with E-state index in [1.165, 1.54) is 0 Å². The van der Waals surface area contributed by atoms with Crippen LogP contribution in [-0.4, -0.2) is 11.7 Å². The molecule has 0 aliphatic heterocycles. The van der Waals surface area contributed by atoms with Crippen LogP contribution < -0.4 is 5.32 Å². The number of hydrogen-bond donors (Lipinski definition) is 2. The second-order valence-electron chi connectivity index (χ2n) is 4.70. The lowest BCUT2D eigenvalue weighted by Crippen LogP contribution is -2.27. The van der Waals surface area contributed by atoms with Crippen molar-refractivity contribution in [2.75, 3.05) is 6.54 Å². The molecule has 2 rings (SSSR count). The van der Waals surface area contributed by atoms with E-state index in [9.17, 15) is 5.11 Å². The van der Waals surface area contributed by atoms with Crippen molar-refractivity contribution in [3.63, 3.8) is 0 Å². The highest BCUT2D eigenvalue weighted by atomic mass is 16.3. The van der Waals surface area contributed by atoms with Gasteiger partial charge in [-0.05, 0) is 24.1 Å². The van der Waals surface area contributed by atoms with E-state index in [0.717, 1.165) is 24.1 Å². The van der Waals surface area contributed by atoms with Crippen LogP contribution in [0.1, 0.15) is 36.6 Å². The number of hydrogen-bond acceptors (Lipinski definition) is 2. The molecule has 19 heavy (non-hydrogen) atoms. The molecule has 2 aromatic rings. The molecule has 100 valence electrons. The fraction of sp³-hybridized carbons (Fsp3) is 0.294. The van der Waals surface area contributed by atoms with Gasteiger partial charge >= 0.3 is 0 Å². The molecule has 0 unspecified atom stereocenters. The van der Waals surface area contributed by atoms with Crippen molar-refractivity contribution in [3.8, 4) is 0 Å². The third-order valence-electron chi connectivity index (χ3n) is 3.23. The summed E-state index contributed by atoms with van der Waals surface area (Å²) in [5.41, 5.74) is 2.06. The molecule has 0 bridgehead atoms. The standard InChI is InChI=1S/C17H21NO/c1-2-13-18-16(14-9-5-3-6-10-14)17(19)15-11-7-4-8-12-15/h3-12,16-19H,2,13H2,1H3/t16-,17+/m1/s1. The van der Waals surface area contributed by atoms with Crippen LogP contribution in [0.3, 0.4) is 0 Å². The lowest BCUT2D eigenvalue weighted by Gasteiger charge is -2.25. The third kappa shape index (κ3) is 3.66. The van der Waals surface area contributed by atoms with Crippen molar-refractivity contribution in [1.82, 2.24) is 5.32 Å². The summed E-state index contributed by atoms with van der Waals surface area (Å²) in [4.78, 5) is 0. The van der Waals surface area contributed by atoms with Crippen LogP contribution in [0.15, 0.2) is 60.7 Å². The average molecular weight is 255 g/mol. The Kier molecular flexibility index (Phi) is 5.13. The molecular formula is C17H21NO. The topological polar surface area (TPSA) is 32.3 Å². The van der Waals surface area contributed by atoms with E-state index >= 15 is 0 Å². The lowest BCUT2D eigenvalue weighted by atomic mass is 9.96. The van der Waals surface area contributed by atoms with Gasteiger partial charge in [-0.3, -0.25) is 0 Å². The molecule has 0 heterocycles. The van der Waals surface area contributed by atoms with Gasteiger partial charge in [-0.2, -0.15) is 0 Å². The zero-order chi connectivity index (χ0) is 13.5. The predicted octanol–water partition coefficient (Wildman–Crippen LogP) is 3.46. The van der Waals surface area contributed by atoms with Crippen LogP contribution in [0.25, 0.3) is 0 Å². The largest absolute Gasteiger partial charge is 0.386 e. The fourth-order valence-corrected chi connectivity index (χ4v) is 2.21. The van der Waals surface area contributed by atoms with Gasteiger partial charge in [-0.15, -0.1) is 0 Å². The minimum Gasteiger partial charge on any atom is -0.386 e. The highest BCUT2D eigenvalue weighted by molar-refractivity contribution is 5.26. The molecule has 0 aromatic heterocycles. The van der Waals surface area contributed by atoms with Crippen molar-refractivity contribution in [2.24, 2.45) is 0 Å². The average Bonchev–Trinajstić information content (AvgIpc) is 2.49. The Morgan fingerprint density at radius 2 is 1.42 bits per heavy atom. The van der Waals surface area contributed by atoms with E-state index < -0.39 is 6.10 Å². The van der Waals surface area contributed by atoms with E-state index in [4.69, 9.17) is 0 Å². The highest BCUT2D eigenvalue weighted by Gasteiger charge is 2.21. The van der Waals surface area contributed by atoms with Crippen molar-refractivity contribution < 1.29 is 5.11 Å². The van der Waals surface area contributed by atoms with Crippen molar-refractivity contribution >= 4 is 0 Å². The summed E-state index contributed by atoms with van der Waals surface area (Å²) in [6.45, 7) is 3.02. The maximum Gasteiger partial charge on any atom is 0.0984 e. The SMILES string of the molecule is CCCN[C@H](c1ccccc1)[C@@H](O)c1ccccc1. The molecule has 0 fully saturated rings. The van der Waals surface area contributed by atoms with E-state index in [0.29, 0.717) is 0 Å². The summed E-state index contributed by atoms with van der Waals surface area (Å²) in [5.74, 6) is 0. The first-order valence-electron chi connectivity index (χ1n) is 6.84. The second kappa shape index (κ2) is 7.07. The van der Waals surface area contributed by atoms with Crippen LogP contribution >= 0.6 is 0 Å². The van der Waals surface area contributed by atoms with E-state index in [2.05, 4.69) is 24.4 Å². The normalized spacial score (nSPS) is 14.0. The molecule has 0 aliphatic rings. The molecule has 2 atom stereocenters. The first kappa shape index (κ1) is 13.8. The molecule has 2 N–H and O–H groups in total. The summed E-state index contributed by atoms with van der Waals surface area (Å²) in [5, 5.41) is 14.0. The quantitative estimate of drug-likeness (QED) is 0.828. The van der Waals surface area contributed by atoms with Gasteiger partial charge in [-0.25, -0.2) is 0 Å². The first-order chi connectivity index (χ1) is 9.33. The molecule has 0 aliphatic carbocycles. The molecular weight excluding hydrogens is 234 g/mol. The Morgan fingerprint density at radius 1 is 0.895 bits per heavy atom. The zero-order valence-corrected chi connectivity index (χ0v) is 11.3. The summed E-state index contributed by atoms with van der Waals surface area (Å²) in [6.07, 6.45) is 0.514. The number of benzene rings is 2. The molecule has 2 nitrogen and oxygen atoms in total. The van der Waals surface area contributed by atoms with E-state index in [1.807, 2.05) is 48.5 Å². The number of aliphatic hydroxyl groups is 1. The van der Waals surface area contributed by atoms with Gasteiger partial charge in [-0.1, -0.05) is 67.6 Å². The van der Waals surface area contributed by atoms with Gasteiger partial charge in [0, 0.05) is 0 Å². The van der Waals surface area contributed by atoms with Crippen LogP contribution in [-0.2, 0) is 0 Å². The first-order valence-corrected chi connectivity index (χ1v) is 6.84. The lowest BCUT2D eigenvalue weighted by molar-refractivity contribution is 0.129. The Hall–Kier alpha value is -1.64. The zero-order valence-electron chi connectivity index (χ0n) is 11.3. The number of rotatable bonds is 6. The molecule has 0 amide bonds. The monoisotopic (exact) mass is 255 g/mol. The van der Waals surface area contributed by atoms with Gasteiger partial charge in [0.25, 0.3) is 0 Å². The molecule has 0 saturated heterocycles. The maximum absolute atomic E-state index is 10.6. The van der Waals surface area contributed by atoms with E-state index in [-0.39, 0.29) is 6.04 Å². The fourth-order valence-electron chi connectivity index (χ4n) is 2.21. The predicted molar refractivity (Wildman–Crippen MR) is 78.9 cm³/mol. The minimum absolute atomic E-state index is 0.0662. The van der Waals surface area contributed by atoms with Crippen LogP contribution in [0.2, 0.25) is 0 Å². The summed E-state index contributed by atoms with van der Waals surface area (Å²) in [6, 6.07) is 19.9. The van der Waals surface area contributed by atoms with Crippen LogP contribution in [0, 0.1) is 0 Å². The number of aliphatic hydroxyl groups excluding tert-OH is 1. The van der Waals surface area contributed by atoms with Gasteiger partial charge in [0.2, 0.25) is 0 Å². The third-order valence-corrected chi connectivity index (χ3v) is 3.23. The van der Waals surface area contributed by atoms with E-state index in [1.54, 1.807) is 0 Å². The highest BCUT2D eigenvalue weighted by Crippen LogP contribution is 2.28. The van der Waals surface area contributed by atoms with Crippen molar-refractivity contribution in [3.05, 3.63) is 71.8 Å². The van der Waals surface area contributed by atoms with Gasteiger partial charge in [0.15, 0.2) is 0 Å². The Bertz CT molecular complexity index is 469. The van der Waals surface area contributed by atoms with Crippen LogP contribution in [0.5, 0.6) is 0 Å². The molecule has 0 saturated carbocycles. The maximum atomic E-state index is 10.6. The molecule has 0 spiro atoms. The van der Waals surface area contributed by atoms with Crippen molar-refractivity contribution in [1.29, 1.82) is 0 Å². The minimum atomic E-state index is -0.532. The Labute approximate surface area is 115 Å². The molecule has 2 heteroatoms. The summed E-state index contributed by atoms with van der Waals surface area (Å²) < 4.78 is 0. The summed E-state index contributed by atoms with van der Waals surface area (Å²) >= 11 is 0. The second-order valence-corrected chi connectivity index (χ2v) is 4.70. The molecule has 0 radical (unpaired) electrons. The summed E-state index contributed by atoms with van der Waals surface area (Å²) in [7, 11) is 0. The van der Waals surface area contributed by atoms with Gasteiger partial charge < -0.3 is 10.4 Å². The Morgan fingerprint density at radius 3 is 1.95 bits per heavy atom. The number of nitrogens with one attached hydrogen (secondary N) is 1. The van der Waals surface area contributed by atoms with Crippen molar-refractivity contribution in [2.45, 2.75) is 25.5 Å². The smallest absolute Gasteiger partial charge is 0.0984 e. The van der Waals surface area contributed by atoms with Gasteiger partial charge in [0.05, 0.1) is 12.1 Å². The van der Waals surface area contributed by atoms with Gasteiger partial charge in [0.1, 0.15) is 0 Å².